The number of piperazine rings is 1. The van der Waals surface area contributed by atoms with Crippen molar-refractivity contribution in [1.29, 1.82) is 0 Å². The molecule has 8 heteroatoms. The molecule has 3 heterocycles. The van der Waals surface area contributed by atoms with Gasteiger partial charge in [-0.05, 0) is 24.6 Å². The number of H-pyrrole nitrogens is 1. The van der Waals surface area contributed by atoms with Gasteiger partial charge in [-0.2, -0.15) is 15.4 Å². The lowest BCUT2D eigenvalue weighted by Gasteiger charge is -2.34. The van der Waals surface area contributed by atoms with Gasteiger partial charge in [0.1, 0.15) is 0 Å². The minimum absolute atomic E-state index is 0.0519. The van der Waals surface area contributed by atoms with E-state index in [-0.39, 0.29) is 5.91 Å². The lowest BCUT2D eigenvalue weighted by molar-refractivity contribution is 0.0622. The fourth-order valence-corrected chi connectivity index (χ4v) is 3.04. The number of nitrogens with zero attached hydrogens (tertiary/aromatic N) is 4. The maximum atomic E-state index is 12.4. The largest absolute Gasteiger partial charge is 0.454 e. The van der Waals surface area contributed by atoms with E-state index >= 15 is 0 Å². The molecule has 1 amide bonds. The molecule has 0 atom stereocenters. The first-order valence-electron chi connectivity index (χ1n) is 7.98. The van der Waals surface area contributed by atoms with Crippen molar-refractivity contribution in [1.82, 2.24) is 25.2 Å². The summed E-state index contributed by atoms with van der Waals surface area (Å²) in [5.41, 5.74) is 2.24. The average Bonchev–Trinajstić information content (AvgIpc) is 3.23. The van der Waals surface area contributed by atoms with E-state index < -0.39 is 0 Å². The summed E-state index contributed by atoms with van der Waals surface area (Å²) in [6.07, 6.45) is 0. The molecule has 24 heavy (non-hydrogen) atoms. The Labute approximate surface area is 139 Å². The van der Waals surface area contributed by atoms with E-state index in [2.05, 4.69) is 26.4 Å². The molecule has 0 aliphatic carbocycles. The van der Waals surface area contributed by atoms with Crippen LogP contribution in [0.15, 0.2) is 18.2 Å². The zero-order chi connectivity index (χ0) is 16.5. The Bertz CT molecular complexity index is 752. The third-order valence-corrected chi connectivity index (χ3v) is 4.43. The van der Waals surface area contributed by atoms with Crippen LogP contribution in [0.4, 0.5) is 0 Å². The van der Waals surface area contributed by atoms with Gasteiger partial charge in [-0.1, -0.05) is 6.07 Å². The smallest absolute Gasteiger partial charge is 0.276 e. The molecule has 1 aromatic carbocycles. The van der Waals surface area contributed by atoms with Crippen LogP contribution >= 0.6 is 0 Å². The fraction of sp³-hybridized carbons (Fsp3) is 0.438. The Morgan fingerprint density at radius 2 is 1.96 bits per heavy atom. The number of benzene rings is 1. The molecular weight excluding hydrogens is 310 g/mol. The van der Waals surface area contributed by atoms with Crippen LogP contribution in [0, 0.1) is 6.92 Å². The molecule has 1 aromatic heterocycles. The predicted molar refractivity (Wildman–Crippen MR) is 84.9 cm³/mol. The lowest BCUT2D eigenvalue weighted by atomic mass is 10.1. The maximum absolute atomic E-state index is 12.4. The van der Waals surface area contributed by atoms with Gasteiger partial charge in [0.05, 0.1) is 5.69 Å². The van der Waals surface area contributed by atoms with Crippen LogP contribution < -0.4 is 9.47 Å². The number of hydrogen-bond acceptors (Lipinski definition) is 6. The lowest BCUT2D eigenvalue weighted by Crippen LogP contribution is -2.48. The molecular formula is C16H19N5O3. The van der Waals surface area contributed by atoms with Crippen molar-refractivity contribution >= 4 is 5.91 Å². The molecule has 0 bridgehead atoms. The number of rotatable bonds is 3. The van der Waals surface area contributed by atoms with Crippen molar-refractivity contribution in [3.05, 3.63) is 35.2 Å². The van der Waals surface area contributed by atoms with Gasteiger partial charge in [0.15, 0.2) is 17.2 Å². The van der Waals surface area contributed by atoms with Crippen molar-refractivity contribution in [2.75, 3.05) is 33.0 Å². The number of amides is 1. The van der Waals surface area contributed by atoms with Crippen molar-refractivity contribution < 1.29 is 14.3 Å². The van der Waals surface area contributed by atoms with Crippen LogP contribution in [0.1, 0.15) is 21.7 Å². The Hall–Kier alpha value is -2.61. The molecule has 0 radical (unpaired) electrons. The molecule has 1 N–H and O–H groups in total. The third-order valence-electron chi connectivity index (χ3n) is 4.43. The molecule has 2 aliphatic rings. The summed E-state index contributed by atoms with van der Waals surface area (Å²) < 4.78 is 10.8. The second-order valence-electron chi connectivity index (χ2n) is 6.01. The van der Waals surface area contributed by atoms with E-state index in [1.807, 2.05) is 17.0 Å². The van der Waals surface area contributed by atoms with Crippen LogP contribution in [0.5, 0.6) is 11.5 Å². The molecule has 126 valence electrons. The summed E-state index contributed by atoms with van der Waals surface area (Å²) >= 11 is 0. The first kappa shape index (κ1) is 14.9. The zero-order valence-corrected chi connectivity index (χ0v) is 13.5. The monoisotopic (exact) mass is 329 g/mol. The van der Waals surface area contributed by atoms with Gasteiger partial charge in [-0.25, -0.2) is 0 Å². The highest BCUT2D eigenvalue weighted by atomic mass is 16.7. The Balaban J connectivity index is 1.35. The van der Waals surface area contributed by atoms with E-state index in [0.717, 1.165) is 31.1 Å². The normalized spacial score (nSPS) is 17.3. The number of hydrogen-bond donors (Lipinski definition) is 1. The topological polar surface area (TPSA) is 83.6 Å². The van der Waals surface area contributed by atoms with Crippen molar-refractivity contribution in [3.8, 4) is 11.5 Å². The fourth-order valence-electron chi connectivity index (χ4n) is 3.04. The second kappa shape index (κ2) is 6.12. The van der Waals surface area contributed by atoms with Gasteiger partial charge in [0.2, 0.25) is 6.79 Å². The molecule has 2 aromatic rings. The molecule has 4 rings (SSSR count). The number of carbonyl (C=O) groups is 1. The summed E-state index contributed by atoms with van der Waals surface area (Å²) in [4.78, 5) is 16.6. The van der Waals surface area contributed by atoms with E-state index in [1.54, 1.807) is 6.92 Å². The highest BCUT2D eigenvalue weighted by molar-refractivity contribution is 5.93. The van der Waals surface area contributed by atoms with Gasteiger partial charge < -0.3 is 14.4 Å². The Morgan fingerprint density at radius 1 is 1.17 bits per heavy atom. The summed E-state index contributed by atoms with van der Waals surface area (Å²) in [7, 11) is 0. The van der Waals surface area contributed by atoms with Crippen molar-refractivity contribution in [2.45, 2.75) is 13.5 Å². The van der Waals surface area contributed by atoms with E-state index in [9.17, 15) is 4.79 Å². The summed E-state index contributed by atoms with van der Waals surface area (Å²) in [6, 6.07) is 6.03. The van der Waals surface area contributed by atoms with E-state index in [1.165, 1.54) is 5.56 Å². The highest BCUT2D eigenvalue weighted by Crippen LogP contribution is 2.32. The predicted octanol–water partition coefficient (Wildman–Crippen LogP) is 0.800. The number of fused-ring (bicyclic) bond motifs is 1. The highest BCUT2D eigenvalue weighted by Gasteiger charge is 2.25. The number of aryl methyl sites for hydroxylation is 1. The number of aromatic nitrogens is 3. The molecule has 8 nitrogen and oxygen atoms in total. The Kier molecular flexibility index (Phi) is 3.81. The van der Waals surface area contributed by atoms with Crippen LogP contribution in [-0.2, 0) is 6.54 Å². The SMILES string of the molecule is Cc1n[nH]nc1C(=O)N1CCN(Cc2ccc3c(c2)OCO3)CC1. The standard InChI is InChI=1S/C16H19N5O3/c1-11-15(18-19-17-11)16(22)21-6-4-20(5-7-21)9-12-2-3-13-14(8-12)24-10-23-13/h2-3,8H,4-7,9-10H2,1H3,(H,17,18,19). The van der Waals surface area contributed by atoms with Crippen LogP contribution in [0.2, 0.25) is 0 Å². The summed E-state index contributed by atoms with van der Waals surface area (Å²) in [5, 5.41) is 10.4. The minimum Gasteiger partial charge on any atom is -0.454 e. The number of nitrogens with one attached hydrogen (secondary N) is 1. The first-order chi connectivity index (χ1) is 11.7. The molecule has 0 spiro atoms. The molecule has 1 fully saturated rings. The zero-order valence-electron chi connectivity index (χ0n) is 13.5. The van der Waals surface area contributed by atoms with Gasteiger partial charge in [-0.3, -0.25) is 9.69 Å². The quantitative estimate of drug-likeness (QED) is 0.897. The number of ether oxygens (including phenoxy) is 2. The van der Waals surface area contributed by atoms with Crippen LogP contribution in [0.25, 0.3) is 0 Å². The second-order valence-corrected chi connectivity index (χ2v) is 6.01. The molecule has 0 unspecified atom stereocenters. The number of carbonyl (C=O) groups excluding carboxylic acids is 1. The van der Waals surface area contributed by atoms with Crippen molar-refractivity contribution in [2.24, 2.45) is 0 Å². The van der Waals surface area contributed by atoms with Gasteiger partial charge in [-0.15, -0.1) is 0 Å². The van der Waals surface area contributed by atoms with Gasteiger partial charge in [0.25, 0.3) is 5.91 Å². The Morgan fingerprint density at radius 3 is 2.71 bits per heavy atom. The maximum Gasteiger partial charge on any atom is 0.276 e. The molecule has 2 aliphatic heterocycles. The van der Waals surface area contributed by atoms with Crippen LogP contribution in [0.3, 0.4) is 0 Å². The van der Waals surface area contributed by atoms with Crippen molar-refractivity contribution in [3.63, 3.8) is 0 Å². The van der Waals surface area contributed by atoms with Gasteiger partial charge in [0, 0.05) is 32.7 Å². The van der Waals surface area contributed by atoms with Gasteiger partial charge >= 0.3 is 0 Å². The van der Waals surface area contributed by atoms with E-state index in [0.29, 0.717) is 31.3 Å². The number of aromatic amines is 1. The van der Waals surface area contributed by atoms with Crippen LogP contribution in [-0.4, -0.2) is 64.1 Å². The minimum atomic E-state index is -0.0519. The molecule has 0 saturated carbocycles. The average molecular weight is 329 g/mol. The summed E-state index contributed by atoms with van der Waals surface area (Å²) in [5.74, 6) is 1.56. The first-order valence-corrected chi connectivity index (χ1v) is 7.98. The van der Waals surface area contributed by atoms with E-state index in [4.69, 9.17) is 9.47 Å². The molecule has 1 saturated heterocycles. The summed E-state index contributed by atoms with van der Waals surface area (Å²) in [6.45, 7) is 5.95. The third kappa shape index (κ3) is 2.80.